The van der Waals surface area contributed by atoms with Crippen LogP contribution in [0.25, 0.3) is 6.08 Å². The topological polar surface area (TPSA) is 80.3 Å². The number of ether oxygens (including phenoxy) is 5. The highest BCUT2D eigenvalue weighted by Crippen LogP contribution is 2.38. The van der Waals surface area contributed by atoms with Crippen LogP contribution in [0.1, 0.15) is 29.2 Å². The largest absolute Gasteiger partial charge is 0.493 e. The maximum atomic E-state index is 12.1. The Morgan fingerprint density at radius 2 is 1.43 bits per heavy atom. The molecule has 0 aliphatic carbocycles. The minimum Gasteiger partial charge on any atom is -0.493 e. The van der Waals surface area contributed by atoms with E-state index in [9.17, 15) is 9.59 Å². The van der Waals surface area contributed by atoms with Crippen LogP contribution in [0.2, 0.25) is 0 Å². The molecule has 0 aliphatic heterocycles. The Bertz CT molecular complexity index is 912. The first-order chi connectivity index (χ1) is 14.3. The van der Waals surface area contributed by atoms with E-state index in [0.29, 0.717) is 28.6 Å². The van der Waals surface area contributed by atoms with E-state index in [1.807, 2.05) is 26.0 Å². The van der Waals surface area contributed by atoms with Crippen molar-refractivity contribution in [2.24, 2.45) is 0 Å². The van der Waals surface area contributed by atoms with E-state index >= 15 is 0 Å². The average Bonchev–Trinajstić information content (AvgIpc) is 2.72. The summed E-state index contributed by atoms with van der Waals surface area (Å²) in [5, 5.41) is 0. The lowest BCUT2D eigenvalue weighted by atomic mass is 10.1. The van der Waals surface area contributed by atoms with E-state index in [-0.39, 0.29) is 12.6 Å². The number of hydrogen-bond acceptors (Lipinski definition) is 7. The Kier molecular flexibility index (Phi) is 7.86. The molecule has 0 radical (unpaired) electrons. The highest BCUT2D eigenvalue weighted by Gasteiger charge is 2.14. The molecule has 0 unspecified atom stereocenters. The first-order valence-electron chi connectivity index (χ1n) is 9.22. The van der Waals surface area contributed by atoms with Crippen molar-refractivity contribution in [2.75, 3.05) is 21.3 Å². The number of carbonyl (C=O) groups is 2. The minimum absolute atomic E-state index is 0.0450. The van der Waals surface area contributed by atoms with Gasteiger partial charge in [-0.05, 0) is 66.4 Å². The quantitative estimate of drug-likeness (QED) is 0.367. The second kappa shape index (κ2) is 10.3. The van der Waals surface area contributed by atoms with Crippen molar-refractivity contribution in [3.05, 3.63) is 52.6 Å². The third-order valence-electron chi connectivity index (χ3n) is 4.25. The first-order valence-corrected chi connectivity index (χ1v) is 9.22. The van der Waals surface area contributed by atoms with Crippen molar-refractivity contribution in [1.29, 1.82) is 0 Å². The van der Waals surface area contributed by atoms with Crippen LogP contribution in [0, 0.1) is 13.8 Å². The van der Waals surface area contributed by atoms with Crippen molar-refractivity contribution in [3.8, 4) is 23.0 Å². The highest BCUT2D eigenvalue weighted by molar-refractivity contribution is 5.87. The Hall–Kier alpha value is -3.48. The number of esters is 2. The number of hydrogen-bond donors (Lipinski definition) is 0. The Morgan fingerprint density at radius 1 is 0.867 bits per heavy atom. The van der Waals surface area contributed by atoms with Gasteiger partial charge in [0.25, 0.3) is 0 Å². The molecule has 160 valence electrons. The molecular formula is C23H26O7. The Labute approximate surface area is 176 Å². The van der Waals surface area contributed by atoms with Crippen LogP contribution in [-0.2, 0) is 20.9 Å². The molecule has 0 saturated heterocycles. The molecule has 0 atom stereocenters. The lowest BCUT2D eigenvalue weighted by Gasteiger charge is -2.14. The molecule has 0 aliphatic rings. The van der Waals surface area contributed by atoms with Crippen LogP contribution >= 0.6 is 0 Å². The molecule has 0 spiro atoms. The average molecular weight is 414 g/mol. The zero-order valence-electron chi connectivity index (χ0n) is 18.0. The standard InChI is InChI=1S/C23H26O7/c1-14-9-17(10-15(2)22(14)30-16(3)24)7-8-21(25)29-13-18-11-19(26-4)23(28-6)20(12-18)27-5/h7-12H,13H2,1-6H3/b8-7+. The molecule has 2 aromatic rings. The summed E-state index contributed by atoms with van der Waals surface area (Å²) in [5.74, 6) is 1.10. The highest BCUT2D eigenvalue weighted by atomic mass is 16.5. The van der Waals surface area contributed by atoms with Gasteiger partial charge in [0.05, 0.1) is 21.3 Å². The van der Waals surface area contributed by atoms with E-state index in [1.54, 1.807) is 18.2 Å². The summed E-state index contributed by atoms with van der Waals surface area (Å²) in [5.41, 5.74) is 3.10. The number of aryl methyl sites for hydroxylation is 2. The van der Waals surface area contributed by atoms with Gasteiger partial charge >= 0.3 is 11.9 Å². The Morgan fingerprint density at radius 3 is 1.90 bits per heavy atom. The molecule has 0 fully saturated rings. The second-order valence-corrected chi connectivity index (χ2v) is 6.55. The molecule has 2 rings (SSSR count). The monoisotopic (exact) mass is 414 g/mol. The van der Waals surface area contributed by atoms with Gasteiger partial charge in [-0.3, -0.25) is 4.79 Å². The number of benzene rings is 2. The van der Waals surface area contributed by atoms with Crippen LogP contribution in [0.5, 0.6) is 23.0 Å². The number of rotatable bonds is 8. The normalized spacial score (nSPS) is 10.6. The van der Waals surface area contributed by atoms with Crippen LogP contribution < -0.4 is 18.9 Å². The molecule has 7 nitrogen and oxygen atoms in total. The predicted molar refractivity (Wildman–Crippen MR) is 112 cm³/mol. The van der Waals surface area contributed by atoms with E-state index in [0.717, 1.165) is 16.7 Å². The van der Waals surface area contributed by atoms with Crippen LogP contribution in [-0.4, -0.2) is 33.3 Å². The molecule has 30 heavy (non-hydrogen) atoms. The van der Waals surface area contributed by atoms with Gasteiger partial charge in [0.1, 0.15) is 12.4 Å². The lowest BCUT2D eigenvalue weighted by molar-refractivity contribution is -0.139. The summed E-state index contributed by atoms with van der Waals surface area (Å²) in [6.45, 7) is 5.08. The van der Waals surface area contributed by atoms with E-state index < -0.39 is 5.97 Å². The van der Waals surface area contributed by atoms with Gasteiger partial charge in [-0.25, -0.2) is 4.79 Å². The fourth-order valence-corrected chi connectivity index (χ4v) is 2.97. The molecule has 0 saturated carbocycles. The molecule has 0 heterocycles. The first kappa shape index (κ1) is 22.8. The van der Waals surface area contributed by atoms with E-state index in [1.165, 1.54) is 34.3 Å². The summed E-state index contributed by atoms with van der Waals surface area (Å²) >= 11 is 0. The van der Waals surface area contributed by atoms with Gasteiger partial charge in [0.2, 0.25) is 5.75 Å². The van der Waals surface area contributed by atoms with Crippen molar-refractivity contribution in [1.82, 2.24) is 0 Å². The zero-order valence-corrected chi connectivity index (χ0v) is 18.0. The van der Waals surface area contributed by atoms with Gasteiger partial charge in [0, 0.05) is 13.0 Å². The number of carbonyl (C=O) groups excluding carboxylic acids is 2. The molecule has 0 amide bonds. The SMILES string of the molecule is COc1cc(COC(=O)/C=C/c2cc(C)c(OC(C)=O)c(C)c2)cc(OC)c1OC. The Balaban J connectivity index is 2.08. The molecule has 2 aromatic carbocycles. The van der Waals surface area contributed by atoms with Crippen LogP contribution in [0.15, 0.2) is 30.3 Å². The van der Waals surface area contributed by atoms with Crippen molar-refractivity contribution in [2.45, 2.75) is 27.4 Å². The van der Waals surface area contributed by atoms with Crippen molar-refractivity contribution >= 4 is 18.0 Å². The fraction of sp³-hybridized carbons (Fsp3) is 0.304. The number of methoxy groups -OCH3 is 3. The summed E-state index contributed by atoms with van der Waals surface area (Å²) in [4.78, 5) is 23.3. The maximum Gasteiger partial charge on any atom is 0.331 e. The predicted octanol–water partition coefficient (Wildman–Crippen LogP) is 4.01. The molecule has 0 bridgehead atoms. The minimum atomic E-state index is -0.497. The zero-order chi connectivity index (χ0) is 22.3. The summed E-state index contributed by atoms with van der Waals surface area (Å²) in [6, 6.07) is 7.10. The van der Waals surface area contributed by atoms with Crippen molar-refractivity contribution < 1.29 is 33.3 Å². The van der Waals surface area contributed by atoms with Crippen LogP contribution in [0.4, 0.5) is 0 Å². The van der Waals surface area contributed by atoms with Gasteiger partial charge in [0.15, 0.2) is 11.5 Å². The van der Waals surface area contributed by atoms with Gasteiger partial charge < -0.3 is 23.7 Å². The summed E-state index contributed by atoms with van der Waals surface area (Å²) in [6.07, 6.45) is 2.99. The second-order valence-electron chi connectivity index (χ2n) is 6.55. The molecule has 7 heteroatoms. The van der Waals surface area contributed by atoms with Crippen molar-refractivity contribution in [3.63, 3.8) is 0 Å². The van der Waals surface area contributed by atoms with Crippen LogP contribution in [0.3, 0.4) is 0 Å². The third kappa shape index (κ3) is 5.76. The van der Waals surface area contributed by atoms with E-state index in [4.69, 9.17) is 23.7 Å². The van der Waals surface area contributed by atoms with Gasteiger partial charge in [-0.15, -0.1) is 0 Å². The summed E-state index contributed by atoms with van der Waals surface area (Å²) < 4.78 is 26.4. The summed E-state index contributed by atoms with van der Waals surface area (Å²) in [7, 11) is 4.56. The molecular weight excluding hydrogens is 388 g/mol. The lowest BCUT2D eigenvalue weighted by Crippen LogP contribution is -2.05. The van der Waals surface area contributed by atoms with Gasteiger partial charge in [-0.1, -0.05) is 0 Å². The molecule has 0 N–H and O–H groups in total. The smallest absolute Gasteiger partial charge is 0.331 e. The van der Waals surface area contributed by atoms with E-state index in [2.05, 4.69) is 0 Å². The fourth-order valence-electron chi connectivity index (χ4n) is 2.97. The molecule has 0 aromatic heterocycles. The maximum absolute atomic E-state index is 12.1. The third-order valence-corrected chi connectivity index (χ3v) is 4.25. The van der Waals surface area contributed by atoms with Gasteiger partial charge in [-0.2, -0.15) is 0 Å².